The van der Waals surface area contributed by atoms with E-state index in [1.807, 2.05) is 87.5 Å². The number of carbonyl (C=O) groups excluding carboxylic acids is 2. The maximum absolute atomic E-state index is 13.9. The van der Waals surface area contributed by atoms with Crippen LogP contribution in [0, 0.1) is 0 Å². The van der Waals surface area contributed by atoms with Gasteiger partial charge in [-0.25, -0.2) is 8.42 Å². The number of hydrogen-bond donors (Lipinski definition) is 1. The minimum atomic E-state index is -3.56. The summed E-state index contributed by atoms with van der Waals surface area (Å²) in [4.78, 5) is 29.3. The number of rotatable bonds is 15. The Balaban J connectivity index is 1.88. The fourth-order valence-electron chi connectivity index (χ4n) is 4.73. The molecule has 0 spiro atoms. The second-order valence-electron chi connectivity index (χ2n) is 10.6. The van der Waals surface area contributed by atoms with Crippen LogP contribution in [0.15, 0.2) is 83.3 Å². The molecule has 0 aliphatic carbocycles. The van der Waals surface area contributed by atoms with Crippen molar-refractivity contribution >= 4 is 43.5 Å². The zero-order chi connectivity index (χ0) is 30.7. The van der Waals surface area contributed by atoms with Crippen molar-refractivity contribution in [1.82, 2.24) is 10.2 Å². The molecule has 3 aromatic rings. The van der Waals surface area contributed by atoms with Gasteiger partial charge in [-0.05, 0) is 67.1 Å². The Morgan fingerprint density at radius 2 is 1.57 bits per heavy atom. The quantitative estimate of drug-likeness (QED) is 0.214. The van der Waals surface area contributed by atoms with Gasteiger partial charge < -0.3 is 10.2 Å². The molecule has 0 bridgehead atoms. The molecule has 42 heavy (non-hydrogen) atoms. The van der Waals surface area contributed by atoms with E-state index in [-0.39, 0.29) is 37.4 Å². The largest absolute Gasteiger partial charge is 0.352 e. The van der Waals surface area contributed by atoms with E-state index < -0.39 is 16.1 Å². The number of carbonyl (C=O) groups is 2. The maximum atomic E-state index is 13.9. The van der Waals surface area contributed by atoms with Crippen LogP contribution >= 0.6 is 15.9 Å². The molecular formula is C33H42BrN3O4S. The van der Waals surface area contributed by atoms with Gasteiger partial charge in [0.05, 0.1) is 11.9 Å². The molecule has 3 aromatic carbocycles. The molecule has 0 unspecified atom stereocenters. The minimum Gasteiger partial charge on any atom is -0.352 e. The predicted molar refractivity (Wildman–Crippen MR) is 174 cm³/mol. The maximum Gasteiger partial charge on any atom is 0.243 e. The summed E-state index contributed by atoms with van der Waals surface area (Å²) in [5.74, 6) is -0.407. The van der Waals surface area contributed by atoms with Crippen LogP contribution in [-0.2, 0) is 39.0 Å². The summed E-state index contributed by atoms with van der Waals surface area (Å²) in [5, 5.41) is 3.08. The summed E-state index contributed by atoms with van der Waals surface area (Å²) < 4.78 is 27.6. The Hall–Kier alpha value is -3.17. The number of nitrogens with one attached hydrogen (secondary N) is 1. The number of benzene rings is 3. The fraction of sp³-hybridized carbons (Fsp3) is 0.394. The number of halogens is 1. The first-order valence-corrected chi connectivity index (χ1v) is 17.1. The van der Waals surface area contributed by atoms with Crippen molar-refractivity contribution in [3.63, 3.8) is 0 Å². The first-order chi connectivity index (χ1) is 20.0. The van der Waals surface area contributed by atoms with E-state index >= 15 is 0 Å². The van der Waals surface area contributed by atoms with Crippen LogP contribution < -0.4 is 9.62 Å². The van der Waals surface area contributed by atoms with Crippen LogP contribution in [-0.4, -0.2) is 50.0 Å². The highest BCUT2D eigenvalue weighted by Crippen LogP contribution is 2.22. The highest BCUT2D eigenvalue weighted by molar-refractivity contribution is 9.10. The van der Waals surface area contributed by atoms with Gasteiger partial charge in [0.1, 0.15) is 6.04 Å². The van der Waals surface area contributed by atoms with Gasteiger partial charge in [-0.1, -0.05) is 84.4 Å². The monoisotopic (exact) mass is 655 g/mol. The zero-order valence-electron chi connectivity index (χ0n) is 24.9. The van der Waals surface area contributed by atoms with Crippen LogP contribution in [0.3, 0.4) is 0 Å². The van der Waals surface area contributed by atoms with Crippen molar-refractivity contribution in [1.29, 1.82) is 0 Å². The van der Waals surface area contributed by atoms with Gasteiger partial charge >= 0.3 is 0 Å². The van der Waals surface area contributed by atoms with E-state index in [1.54, 1.807) is 17.0 Å². The van der Waals surface area contributed by atoms with Gasteiger partial charge in [-0.3, -0.25) is 13.9 Å². The molecule has 226 valence electrons. The molecule has 3 rings (SSSR count). The van der Waals surface area contributed by atoms with E-state index in [2.05, 4.69) is 21.2 Å². The van der Waals surface area contributed by atoms with E-state index in [4.69, 9.17) is 0 Å². The molecule has 0 saturated carbocycles. The molecule has 0 aromatic heterocycles. The van der Waals surface area contributed by atoms with E-state index in [0.717, 1.165) is 34.0 Å². The zero-order valence-corrected chi connectivity index (χ0v) is 27.3. The Morgan fingerprint density at radius 1 is 0.905 bits per heavy atom. The fourth-order valence-corrected chi connectivity index (χ4v) is 6.14. The average Bonchev–Trinajstić information content (AvgIpc) is 2.97. The third kappa shape index (κ3) is 9.98. The highest BCUT2D eigenvalue weighted by Gasteiger charge is 2.31. The van der Waals surface area contributed by atoms with Gasteiger partial charge in [0.15, 0.2) is 0 Å². The molecule has 7 nitrogen and oxygen atoms in total. The Kier molecular flexibility index (Phi) is 12.6. The summed E-state index contributed by atoms with van der Waals surface area (Å²) in [7, 11) is -3.56. The first kappa shape index (κ1) is 33.3. The molecule has 0 heterocycles. The smallest absolute Gasteiger partial charge is 0.243 e. The molecule has 0 aliphatic heterocycles. The summed E-state index contributed by atoms with van der Waals surface area (Å²) in [6, 6.07) is 24.0. The van der Waals surface area contributed by atoms with Crippen molar-refractivity contribution in [2.75, 3.05) is 17.1 Å². The second-order valence-corrected chi connectivity index (χ2v) is 13.5. The molecule has 0 radical (unpaired) electrons. The van der Waals surface area contributed by atoms with Crippen LogP contribution in [0.5, 0.6) is 0 Å². The summed E-state index contributed by atoms with van der Waals surface area (Å²) in [6.45, 7) is 6.40. The molecule has 0 aliphatic rings. The standard InChI is InChI=1S/C33H42BrN3O4S/c1-5-25(3)35-33(39)31(23-27-12-8-7-9-13-27)36(24-28-14-10-15-29(34)22-28)32(38)16-11-21-37(42(4,40)41)30-19-17-26(6-2)18-20-30/h7-10,12-15,17-20,22,25,31H,5-6,11,16,21,23-24H2,1-4H3,(H,35,39)/t25-,31-/m0/s1. The molecule has 2 atom stereocenters. The average molecular weight is 657 g/mol. The van der Waals surface area contributed by atoms with Crippen LogP contribution in [0.25, 0.3) is 0 Å². The van der Waals surface area contributed by atoms with Crippen LogP contribution in [0.2, 0.25) is 0 Å². The Morgan fingerprint density at radius 3 is 2.17 bits per heavy atom. The summed E-state index contributed by atoms with van der Waals surface area (Å²) in [5.41, 5.74) is 3.53. The van der Waals surface area contributed by atoms with Crippen molar-refractivity contribution in [3.05, 3.63) is 100 Å². The van der Waals surface area contributed by atoms with Gasteiger partial charge in [0.2, 0.25) is 21.8 Å². The number of sulfonamides is 1. The normalized spacial score (nSPS) is 12.8. The number of aryl methyl sites for hydroxylation is 1. The molecule has 1 N–H and O–H groups in total. The molecule has 0 saturated heterocycles. The SMILES string of the molecule is CCc1ccc(N(CCCC(=O)N(Cc2cccc(Br)c2)[C@@H](Cc2ccccc2)C(=O)N[C@@H](C)CC)S(C)(=O)=O)cc1. The third-order valence-electron chi connectivity index (χ3n) is 7.30. The number of anilines is 1. The first-order valence-electron chi connectivity index (χ1n) is 14.5. The summed E-state index contributed by atoms with van der Waals surface area (Å²) in [6.07, 6.45) is 3.57. The third-order valence-corrected chi connectivity index (χ3v) is 8.99. The molecular weight excluding hydrogens is 614 g/mol. The lowest BCUT2D eigenvalue weighted by molar-refractivity contribution is -0.141. The second kappa shape index (κ2) is 15.9. The van der Waals surface area contributed by atoms with Gasteiger partial charge in [-0.15, -0.1) is 0 Å². The lowest BCUT2D eigenvalue weighted by Gasteiger charge is -2.32. The van der Waals surface area contributed by atoms with Crippen molar-refractivity contribution in [2.24, 2.45) is 0 Å². The molecule has 9 heteroatoms. The van der Waals surface area contributed by atoms with Gasteiger partial charge in [-0.2, -0.15) is 0 Å². The van der Waals surface area contributed by atoms with Crippen LogP contribution in [0.1, 0.15) is 56.7 Å². The van der Waals surface area contributed by atoms with Crippen molar-refractivity contribution in [2.45, 2.75) is 71.5 Å². The van der Waals surface area contributed by atoms with Crippen LogP contribution in [0.4, 0.5) is 5.69 Å². The van der Waals surface area contributed by atoms with Crippen molar-refractivity contribution in [3.8, 4) is 0 Å². The topological polar surface area (TPSA) is 86.8 Å². The number of nitrogens with zero attached hydrogens (tertiary/aromatic N) is 2. The van der Waals surface area contributed by atoms with Gasteiger partial charge in [0.25, 0.3) is 0 Å². The lowest BCUT2D eigenvalue weighted by atomic mass is 10.0. The lowest BCUT2D eigenvalue weighted by Crippen LogP contribution is -2.52. The van der Waals surface area contributed by atoms with Crippen molar-refractivity contribution < 1.29 is 18.0 Å². The van der Waals surface area contributed by atoms with Gasteiger partial charge in [0, 0.05) is 36.4 Å². The minimum absolute atomic E-state index is 0.0407. The number of amides is 2. The Labute approximate surface area is 259 Å². The molecule has 0 fully saturated rings. The predicted octanol–water partition coefficient (Wildman–Crippen LogP) is 6.11. The van der Waals surface area contributed by atoms with E-state index in [9.17, 15) is 18.0 Å². The number of hydrogen-bond acceptors (Lipinski definition) is 4. The Bertz CT molecular complexity index is 1410. The molecule has 2 amide bonds. The van der Waals surface area contributed by atoms with E-state index in [1.165, 1.54) is 10.6 Å². The van der Waals surface area contributed by atoms with E-state index in [0.29, 0.717) is 18.5 Å². The summed E-state index contributed by atoms with van der Waals surface area (Å²) >= 11 is 3.51. The highest BCUT2D eigenvalue weighted by atomic mass is 79.9.